The van der Waals surface area contributed by atoms with Gasteiger partial charge in [0.15, 0.2) is 0 Å². The summed E-state index contributed by atoms with van der Waals surface area (Å²) in [5, 5.41) is 0. The average Bonchev–Trinajstić information content (AvgIpc) is 2.11. The van der Waals surface area contributed by atoms with E-state index >= 15 is 0 Å². The van der Waals surface area contributed by atoms with Crippen LogP contribution in [0.4, 0.5) is 0 Å². The maximum Gasteiger partial charge on any atom is 0.222 e. The topological polar surface area (TPSA) is 46.3 Å². The second-order valence-corrected chi connectivity index (χ2v) is 4.00. The molecule has 0 aromatic heterocycles. The lowest BCUT2D eigenvalue weighted by Crippen LogP contribution is -2.41. The number of hydrogen-bond donors (Lipinski definition) is 1. The molecule has 1 fully saturated rings. The number of carbonyl (C=O) groups excluding carboxylic acids is 1. The largest absolute Gasteiger partial charge is 0.345 e. The van der Waals surface area contributed by atoms with Crippen LogP contribution in [0.15, 0.2) is 0 Å². The third kappa shape index (κ3) is 1.71. The molecule has 0 aromatic rings. The lowest BCUT2D eigenvalue weighted by molar-refractivity contribution is -0.126. The van der Waals surface area contributed by atoms with Gasteiger partial charge in [-0.15, -0.1) is 0 Å². The van der Waals surface area contributed by atoms with E-state index in [0.29, 0.717) is 12.3 Å². The third-order valence-corrected chi connectivity index (χ3v) is 2.39. The number of rotatable bonds is 1. The van der Waals surface area contributed by atoms with E-state index in [4.69, 9.17) is 5.73 Å². The molecule has 1 saturated heterocycles. The maximum atomic E-state index is 11.1. The normalized spacial score (nSPS) is 26.4. The summed E-state index contributed by atoms with van der Waals surface area (Å²) in [5.74, 6) is 0.536. The highest BCUT2D eigenvalue weighted by atomic mass is 16.2. The summed E-state index contributed by atoms with van der Waals surface area (Å²) in [6.07, 6.45) is 0.611. The molecule has 1 rings (SSSR count). The fourth-order valence-corrected chi connectivity index (χ4v) is 1.36. The molecule has 3 heteroatoms. The minimum atomic E-state index is -0.222. The number of likely N-dealkylation sites (tertiary alicyclic amines) is 1. The van der Waals surface area contributed by atoms with Crippen LogP contribution in [0.1, 0.15) is 20.3 Å². The molecule has 0 saturated carbocycles. The molecule has 1 unspecified atom stereocenters. The number of carbonyl (C=O) groups is 1. The first-order chi connectivity index (χ1) is 4.91. The molecule has 0 aliphatic carbocycles. The number of hydrogen-bond acceptors (Lipinski definition) is 2. The van der Waals surface area contributed by atoms with Crippen molar-refractivity contribution in [2.75, 3.05) is 13.6 Å². The van der Waals surface area contributed by atoms with E-state index in [9.17, 15) is 4.79 Å². The first-order valence-corrected chi connectivity index (χ1v) is 3.94. The third-order valence-electron chi connectivity index (χ3n) is 2.39. The van der Waals surface area contributed by atoms with Crippen LogP contribution in [0.5, 0.6) is 0 Å². The highest BCUT2D eigenvalue weighted by Crippen LogP contribution is 2.24. The van der Waals surface area contributed by atoms with Crippen molar-refractivity contribution in [1.82, 2.24) is 4.90 Å². The van der Waals surface area contributed by atoms with Crippen LogP contribution in [-0.2, 0) is 4.79 Å². The molecule has 11 heavy (non-hydrogen) atoms. The van der Waals surface area contributed by atoms with Crippen LogP contribution in [0.2, 0.25) is 0 Å². The van der Waals surface area contributed by atoms with Gasteiger partial charge in [0.25, 0.3) is 0 Å². The Morgan fingerprint density at radius 1 is 1.64 bits per heavy atom. The van der Waals surface area contributed by atoms with Gasteiger partial charge in [-0.05, 0) is 13.8 Å². The van der Waals surface area contributed by atoms with Crippen LogP contribution in [-0.4, -0.2) is 29.9 Å². The van der Waals surface area contributed by atoms with Gasteiger partial charge in [-0.2, -0.15) is 0 Å². The molecule has 0 radical (unpaired) electrons. The minimum absolute atomic E-state index is 0.216. The molecule has 1 atom stereocenters. The van der Waals surface area contributed by atoms with Crippen LogP contribution < -0.4 is 5.73 Å². The molecule has 2 N–H and O–H groups in total. The van der Waals surface area contributed by atoms with Gasteiger partial charge in [0.1, 0.15) is 0 Å². The highest BCUT2D eigenvalue weighted by molar-refractivity contribution is 5.78. The first-order valence-electron chi connectivity index (χ1n) is 3.94. The Kier molecular flexibility index (Phi) is 1.92. The molecule has 1 aliphatic heterocycles. The molecule has 64 valence electrons. The van der Waals surface area contributed by atoms with E-state index in [-0.39, 0.29) is 11.4 Å². The van der Waals surface area contributed by atoms with Crippen LogP contribution in [0, 0.1) is 5.92 Å². The second-order valence-electron chi connectivity index (χ2n) is 4.00. The zero-order valence-electron chi connectivity index (χ0n) is 7.42. The van der Waals surface area contributed by atoms with Crippen molar-refractivity contribution in [3.8, 4) is 0 Å². The van der Waals surface area contributed by atoms with Crippen molar-refractivity contribution < 1.29 is 4.79 Å². The van der Waals surface area contributed by atoms with Gasteiger partial charge in [-0.3, -0.25) is 4.79 Å². The Labute approximate surface area is 67.5 Å². The molecule has 3 nitrogen and oxygen atoms in total. The standard InChI is InChI=1S/C8H16N2O/c1-8(2,9)6-4-7(11)10(3)5-6/h6H,4-5,9H2,1-3H3. The maximum absolute atomic E-state index is 11.1. The first kappa shape index (κ1) is 8.53. The fourth-order valence-electron chi connectivity index (χ4n) is 1.36. The summed E-state index contributed by atoms with van der Waals surface area (Å²) in [5.41, 5.74) is 5.66. The minimum Gasteiger partial charge on any atom is -0.345 e. The van der Waals surface area contributed by atoms with Crippen molar-refractivity contribution in [2.45, 2.75) is 25.8 Å². The lowest BCUT2D eigenvalue weighted by atomic mass is 9.88. The SMILES string of the molecule is CN1CC(C(C)(C)N)CC1=O. The van der Waals surface area contributed by atoms with Gasteiger partial charge in [0.05, 0.1) is 0 Å². The Balaban J connectivity index is 2.61. The van der Waals surface area contributed by atoms with Crippen molar-refractivity contribution in [3.63, 3.8) is 0 Å². The van der Waals surface area contributed by atoms with E-state index in [1.54, 1.807) is 4.90 Å². The monoisotopic (exact) mass is 156 g/mol. The molecular formula is C8H16N2O. The predicted molar refractivity (Wildman–Crippen MR) is 44.0 cm³/mol. The summed E-state index contributed by atoms with van der Waals surface area (Å²) < 4.78 is 0. The smallest absolute Gasteiger partial charge is 0.222 e. The highest BCUT2D eigenvalue weighted by Gasteiger charge is 2.35. The Morgan fingerprint density at radius 2 is 2.18 bits per heavy atom. The van der Waals surface area contributed by atoms with Crippen molar-refractivity contribution in [3.05, 3.63) is 0 Å². The summed E-state index contributed by atoms with van der Waals surface area (Å²) in [6, 6.07) is 0. The van der Waals surface area contributed by atoms with Crippen molar-refractivity contribution >= 4 is 5.91 Å². The van der Waals surface area contributed by atoms with Crippen molar-refractivity contribution in [2.24, 2.45) is 11.7 Å². The van der Waals surface area contributed by atoms with E-state index in [0.717, 1.165) is 6.54 Å². The van der Waals surface area contributed by atoms with Crippen LogP contribution in [0.25, 0.3) is 0 Å². The molecule has 1 aliphatic rings. The molecule has 0 aromatic carbocycles. The molecule has 1 heterocycles. The predicted octanol–water partition coefficient (Wildman–Crippen LogP) is 0.202. The van der Waals surface area contributed by atoms with Gasteiger partial charge < -0.3 is 10.6 Å². The summed E-state index contributed by atoms with van der Waals surface area (Å²) in [4.78, 5) is 12.9. The average molecular weight is 156 g/mol. The van der Waals surface area contributed by atoms with Crippen LogP contribution in [0.3, 0.4) is 0 Å². The molecule has 1 amide bonds. The number of nitrogens with zero attached hydrogens (tertiary/aromatic N) is 1. The Bertz CT molecular complexity index is 171. The van der Waals surface area contributed by atoms with Crippen molar-refractivity contribution in [1.29, 1.82) is 0 Å². The Morgan fingerprint density at radius 3 is 2.36 bits per heavy atom. The van der Waals surface area contributed by atoms with Gasteiger partial charge >= 0.3 is 0 Å². The van der Waals surface area contributed by atoms with Gasteiger partial charge in [0, 0.05) is 31.5 Å². The summed E-state index contributed by atoms with van der Waals surface area (Å²) >= 11 is 0. The van der Waals surface area contributed by atoms with E-state index in [2.05, 4.69) is 0 Å². The second kappa shape index (κ2) is 2.48. The Hall–Kier alpha value is -0.570. The summed E-state index contributed by atoms with van der Waals surface area (Å²) in [7, 11) is 1.83. The molecule has 0 bridgehead atoms. The number of amides is 1. The van der Waals surface area contributed by atoms with Gasteiger partial charge in [0.2, 0.25) is 5.91 Å². The zero-order valence-corrected chi connectivity index (χ0v) is 7.42. The zero-order chi connectivity index (χ0) is 8.65. The van der Waals surface area contributed by atoms with E-state index in [1.165, 1.54) is 0 Å². The lowest BCUT2D eigenvalue weighted by Gasteiger charge is -2.25. The van der Waals surface area contributed by atoms with Crippen LogP contribution >= 0.6 is 0 Å². The number of nitrogens with two attached hydrogens (primary N) is 1. The van der Waals surface area contributed by atoms with Gasteiger partial charge in [-0.1, -0.05) is 0 Å². The van der Waals surface area contributed by atoms with E-state index in [1.807, 2.05) is 20.9 Å². The summed E-state index contributed by atoms with van der Waals surface area (Å²) in [6.45, 7) is 4.76. The molecule has 0 spiro atoms. The van der Waals surface area contributed by atoms with Gasteiger partial charge in [-0.25, -0.2) is 0 Å². The van der Waals surface area contributed by atoms with E-state index < -0.39 is 0 Å². The fraction of sp³-hybridized carbons (Fsp3) is 0.875. The quantitative estimate of drug-likeness (QED) is 0.589. The molecular weight excluding hydrogens is 140 g/mol.